The molecule has 0 saturated heterocycles. The molecule has 2 aromatic rings. The number of rotatable bonds is 8. The topological polar surface area (TPSA) is 46.5 Å². The molecule has 0 aliphatic heterocycles. The minimum absolute atomic E-state index is 0.176. The molecule has 0 amide bonds. The number of benzene rings is 2. The molecular formula is C20H22O3. The van der Waals surface area contributed by atoms with Gasteiger partial charge in [0.2, 0.25) is 0 Å². The van der Waals surface area contributed by atoms with Crippen molar-refractivity contribution < 1.29 is 14.6 Å². The smallest absolute Gasteiger partial charge is 0.328 e. The van der Waals surface area contributed by atoms with Crippen LogP contribution in [0.2, 0.25) is 0 Å². The molecule has 0 spiro atoms. The van der Waals surface area contributed by atoms with Crippen LogP contribution in [0.4, 0.5) is 0 Å². The van der Waals surface area contributed by atoms with Gasteiger partial charge in [-0.15, -0.1) is 0 Å². The Morgan fingerprint density at radius 2 is 1.78 bits per heavy atom. The summed E-state index contributed by atoms with van der Waals surface area (Å²) in [4.78, 5) is 10.5. The van der Waals surface area contributed by atoms with Gasteiger partial charge in [-0.2, -0.15) is 0 Å². The Morgan fingerprint density at radius 1 is 1.09 bits per heavy atom. The van der Waals surface area contributed by atoms with Gasteiger partial charge in [-0.25, -0.2) is 4.79 Å². The van der Waals surface area contributed by atoms with E-state index in [9.17, 15) is 4.79 Å². The standard InChI is InChI=1S/C20H22O3/c1-2-19(23-15-18-6-4-3-5-7-18)14-17-10-8-16(9-11-17)12-13-20(21)22/h3-13,19H,2,14-15H2,1H3,(H,21,22)/b13-12+. The molecule has 120 valence electrons. The molecule has 0 aliphatic rings. The molecule has 0 fully saturated rings. The van der Waals surface area contributed by atoms with Crippen molar-refractivity contribution in [2.45, 2.75) is 32.5 Å². The predicted molar refractivity (Wildman–Crippen MR) is 92.1 cm³/mol. The second-order valence-corrected chi connectivity index (χ2v) is 5.44. The van der Waals surface area contributed by atoms with Gasteiger partial charge in [0.1, 0.15) is 0 Å². The van der Waals surface area contributed by atoms with Gasteiger partial charge < -0.3 is 9.84 Å². The number of hydrogen-bond acceptors (Lipinski definition) is 2. The monoisotopic (exact) mass is 310 g/mol. The molecule has 0 saturated carbocycles. The molecule has 23 heavy (non-hydrogen) atoms. The lowest BCUT2D eigenvalue weighted by Crippen LogP contribution is -2.15. The summed E-state index contributed by atoms with van der Waals surface area (Å²) in [5.41, 5.74) is 3.26. The van der Waals surface area contributed by atoms with Gasteiger partial charge in [0.25, 0.3) is 0 Å². The molecule has 3 nitrogen and oxygen atoms in total. The largest absolute Gasteiger partial charge is 0.478 e. The average molecular weight is 310 g/mol. The zero-order valence-corrected chi connectivity index (χ0v) is 13.3. The molecule has 0 radical (unpaired) electrons. The molecule has 0 aliphatic carbocycles. The van der Waals surface area contributed by atoms with Crippen LogP contribution in [-0.4, -0.2) is 17.2 Å². The molecule has 0 aromatic heterocycles. The Morgan fingerprint density at radius 3 is 2.39 bits per heavy atom. The molecule has 0 heterocycles. The zero-order chi connectivity index (χ0) is 16.5. The Bertz CT molecular complexity index is 630. The first-order valence-corrected chi connectivity index (χ1v) is 7.83. The van der Waals surface area contributed by atoms with Crippen LogP contribution < -0.4 is 0 Å². The third-order valence-electron chi connectivity index (χ3n) is 3.65. The van der Waals surface area contributed by atoms with Crippen molar-refractivity contribution >= 4 is 12.0 Å². The summed E-state index contributed by atoms with van der Waals surface area (Å²) in [7, 11) is 0. The highest BCUT2D eigenvalue weighted by Gasteiger charge is 2.08. The third-order valence-corrected chi connectivity index (χ3v) is 3.65. The summed E-state index contributed by atoms with van der Waals surface area (Å²) in [6, 6.07) is 18.1. The van der Waals surface area contributed by atoms with E-state index in [1.807, 2.05) is 42.5 Å². The summed E-state index contributed by atoms with van der Waals surface area (Å²) in [5.74, 6) is -0.936. The van der Waals surface area contributed by atoms with E-state index in [1.54, 1.807) is 6.08 Å². The fourth-order valence-electron chi connectivity index (χ4n) is 2.30. The van der Waals surface area contributed by atoms with Gasteiger partial charge in [-0.1, -0.05) is 61.5 Å². The molecule has 2 rings (SSSR count). The Hall–Kier alpha value is -2.39. The number of carboxylic acids is 1. The number of aliphatic carboxylic acids is 1. The summed E-state index contributed by atoms with van der Waals surface area (Å²) in [5, 5.41) is 8.63. The predicted octanol–water partition coefficient (Wildman–Crippen LogP) is 4.32. The molecule has 1 atom stereocenters. The number of ether oxygens (including phenoxy) is 1. The highest BCUT2D eigenvalue weighted by molar-refractivity contribution is 5.85. The Labute approximate surface area is 137 Å². The van der Waals surface area contributed by atoms with E-state index in [0.29, 0.717) is 6.61 Å². The van der Waals surface area contributed by atoms with Crippen LogP contribution in [0.15, 0.2) is 60.7 Å². The lowest BCUT2D eigenvalue weighted by molar-refractivity contribution is -0.131. The van der Waals surface area contributed by atoms with Crippen molar-refractivity contribution in [3.8, 4) is 0 Å². The second kappa shape index (κ2) is 8.91. The SMILES string of the molecule is CCC(Cc1ccc(/C=C/C(=O)O)cc1)OCc1ccccc1. The van der Waals surface area contributed by atoms with Crippen molar-refractivity contribution in [1.82, 2.24) is 0 Å². The zero-order valence-electron chi connectivity index (χ0n) is 13.3. The maximum absolute atomic E-state index is 10.5. The van der Waals surface area contributed by atoms with Gasteiger partial charge in [-0.3, -0.25) is 0 Å². The van der Waals surface area contributed by atoms with Crippen LogP contribution in [0, 0.1) is 0 Å². The van der Waals surface area contributed by atoms with Crippen molar-refractivity contribution in [1.29, 1.82) is 0 Å². The quantitative estimate of drug-likeness (QED) is 0.739. The number of carbonyl (C=O) groups is 1. The van der Waals surface area contributed by atoms with E-state index < -0.39 is 5.97 Å². The van der Waals surface area contributed by atoms with E-state index in [0.717, 1.165) is 24.5 Å². The number of hydrogen-bond donors (Lipinski definition) is 1. The van der Waals surface area contributed by atoms with Crippen LogP contribution in [0.25, 0.3) is 6.08 Å². The van der Waals surface area contributed by atoms with Crippen molar-refractivity contribution in [2.75, 3.05) is 0 Å². The minimum Gasteiger partial charge on any atom is -0.478 e. The third kappa shape index (κ3) is 6.09. The highest BCUT2D eigenvalue weighted by Crippen LogP contribution is 2.13. The highest BCUT2D eigenvalue weighted by atomic mass is 16.5. The molecule has 1 unspecified atom stereocenters. The van der Waals surface area contributed by atoms with E-state index in [1.165, 1.54) is 11.1 Å². The van der Waals surface area contributed by atoms with Crippen LogP contribution in [0.3, 0.4) is 0 Å². The maximum atomic E-state index is 10.5. The van der Waals surface area contributed by atoms with Crippen LogP contribution in [0.1, 0.15) is 30.0 Å². The van der Waals surface area contributed by atoms with Crippen molar-refractivity contribution in [3.63, 3.8) is 0 Å². The van der Waals surface area contributed by atoms with Crippen molar-refractivity contribution in [3.05, 3.63) is 77.4 Å². The normalized spacial score (nSPS) is 12.4. The van der Waals surface area contributed by atoms with Gasteiger partial charge in [0, 0.05) is 6.08 Å². The minimum atomic E-state index is -0.936. The first-order valence-electron chi connectivity index (χ1n) is 7.83. The number of carboxylic acid groups (broad SMARTS) is 1. The summed E-state index contributed by atoms with van der Waals surface area (Å²) in [6.45, 7) is 2.75. The first kappa shape index (κ1) is 17.0. The lowest BCUT2D eigenvalue weighted by Gasteiger charge is -2.16. The summed E-state index contributed by atoms with van der Waals surface area (Å²) in [6.07, 6.45) is 4.72. The van der Waals surface area contributed by atoms with Crippen LogP contribution in [0.5, 0.6) is 0 Å². The fourth-order valence-corrected chi connectivity index (χ4v) is 2.30. The molecule has 2 aromatic carbocycles. The van der Waals surface area contributed by atoms with Crippen LogP contribution in [-0.2, 0) is 22.6 Å². The Balaban J connectivity index is 1.89. The molecule has 1 N–H and O–H groups in total. The van der Waals surface area contributed by atoms with E-state index in [-0.39, 0.29) is 6.10 Å². The fraction of sp³-hybridized carbons (Fsp3) is 0.250. The van der Waals surface area contributed by atoms with E-state index in [4.69, 9.17) is 9.84 Å². The van der Waals surface area contributed by atoms with Gasteiger partial charge >= 0.3 is 5.97 Å². The van der Waals surface area contributed by atoms with E-state index >= 15 is 0 Å². The first-order chi connectivity index (χ1) is 11.2. The molecule has 3 heteroatoms. The van der Waals surface area contributed by atoms with Gasteiger partial charge in [0.05, 0.1) is 12.7 Å². The molecular weight excluding hydrogens is 288 g/mol. The Kier molecular flexibility index (Phi) is 6.57. The second-order valence-electron chi connectivity index (χ2n) is 5.44. The maximum Gasteiger partial charge on any atom is 0.328 e. The average Bonchev–Trinajstić information content (AvgIpc) is 2.58. The van der Waals surface area contributed by atoms with Gasteiger partial charge in [0.15, 0.2) is 0 Å². The van der Waals surface area contributed by atoms with E-state index in [2.05, 4.69) is 19.1 Å². The van der Waals surface area contributed by atoms with Crippen molar-refractivity contribution in [2.24, 2.45) is 0 Å². The lowest BCUT2D eigenvalue weighted by atomic mass is 10.0. The van der Waals surface area contributed by atoms with Crippen LogP contribution >= 0.6 is 0 Å². The van der Waals surface area contributed by atoms with Gasteiger partial charge in [-0.05, 0) is 35.6 Å². The summed E-state index contributed by atoms with van der Waals surface area (Å²) < 4.78 is 6.00. The molecule has 0 bridgehead atoms. The summed E-state index contributed by atoms with van der Waals surface area (Å²) >= 11 is 0.